The van der Waals surface area contributed by atoms with Crippen LogP contribution in [0.3, 0.4) is 0 Å². The molecule has 3 nitrogen and oxygen atoms in total. The Morgan fingerprint density at radius 1 is 0.968 bits per heavy atom. The Hall–Kier alpha value is -3.24. The van der Waals surface area contributed by atoms with Gasteiger partial charge in [-0.25, -0.2) is 9.37 Å². The molecule has 1 heterocycles. The van der Waals surface area contributed by atoms with Gasteiger partial charge >= 0.3 is 0 Å². The lowest BCUT2D eigenvalue weighted by Crippen LogP contribution is -2.22. The Morgan fingerprint density at radius 3 is 2.39 bits per heavy atom. The molecule has 0 aliphatic heterocycles. The molecule has 4 rings (SSSR count). The summed E-state index contributed by atoms with van der Waals surface area (Å²) in [6.45, 7) is 6.50. The normalized spacial score (nSPS) is 12.0. The fourth-order valence-electron chi connectivity index (χ4n) is 3.42. The van der Waals surface area contributed by atoms with Crippen molar-refractivity contribution in [2.75, 3.05) is 0 Å². The van der Waals surface area contributed by atoms with Gasteiger partial charge < -0.3 is 0 Å². The Balaban J connectivity index is 1.86. The molecule has 31 heavy (non-hydrogen) atoms. The van der Waals surface area contributed by atoms with Gasteiger partial charge in [0.25, 0.3) is 5.56 Å². The zero-order valence-corrected chi connectivity index (χ0v) is 18.3. The van der Waals surface area contributed by atoms with Gasteiger partial charge in [0.05, 0.1) is 16.6 Å². The van der Waals surface area contributed by atoms with E-state index in [1.165, 1.54) is 22.3 Å². The third kappa shape index (κ3) is 4.44. The molecule has 0 amide bonds. The molecule has 156 valence electrons. The first-order valence-corrected chi connectivity index (χ1v) is 10.4. The lowest BCUT2D eigenvalue weighted by molar-refractivity contribution is 0.590. The van der Waals surface area contributed by atoms with E-state index in [2.05, 4.69) is 37.9 Å². The second-order valence-corrected chi connectivity index (χ2v) is 8.89. The van der Waals surface area contributed by atoms with Crippen molar-refractivity contribution in [3.8, 4) is 5.69 Å². The number of hydrogen-bond donors (Lipinski definition) is 0. The largest absolute Gasteiger partial charge is 0.268 e. The van der Waals surface area contributed by atoms with E-state index in [0.29, 0.717) is 27.4 Å². The van der Waals surface area contributed by atoms with Gasteiger partial charge in [0.1, 0.15) is 11.6 Å². The fourth-order valence-corrected chi connectivity index (χ4v) is 3.58. The summed E-state index contributed by atoms with van der Waals surface area (Å²) in [5.41, 5.74) is 2.90. The molecule has 0 radical (unpaired) electrons. The second-order valence-electron chi connectivity index (χ2n) is 8.46. The molecule has 1 aromatic heterocycles. The zero-order chi connectivity index (χ0) is 22.2. The van der Waals surface area contributed by atoms with E-state index < -0.39 is 5.82 Å². The van der Waals surface area contributed by atoms with Crippen LogP contribution in [0.4, 0.5) is 4.39 Å². The lowest BCUT2D eigenvalue weighted by atomic mass is 9.87. The van der Waals surface area contributed by atoms with Crippen molar-refractivity contribution in [1.82, 2.24) is 9.55 Å². The summed E-state index contributed by atoms with van der Waals surface area (Å²) >= 11 is 6.11. The number of hydrogen-bond acceptors (Lipinski definition) is 2. The maximum Gasteiger partial charge on any atom is 0.266 e. The average molecular weight is 433 g/mol. The molecule has 0 aliphatic rings. The van der Waals surface area contributed by atoms with E-state index in [1.54, 1.807) is 36.4 Å². The van der Waals surface area contributed by atoms with Gasteiger partial charge in [-0.15, -0.1) is 0 Å². The second kappa shape index (κ2) is 8.12. The van der Waals surface area contributed by atoms with Crippen molar-refractivity contribution in [2.24, 2.45) is 0 Å². The molecule has 0 bridgehead atoms. The van der Waals surface area contributed by atoms with Crippen LogP contribution in [0.25, 0.3) is 28.7 Å². The molecule has 0 atom stereocenters. The standard InChI is InChI=1S/C26H22ClFN2O/c1-26(2,3)18-10-7-17(8-11-18)9-14-24-29-23-15-19(27)12-13-22(23)25(31)30(24)21-6-4-5-20(28)16-21/h4-16H,1-3H3/b14-9+. The van der Waals surface area contributed by atoms with Crippen LogP contribution < -0.4 is 5.56 Å². The third-order valence-electron chi connectivity index (χ3n) is 5.13. The molecule has 0 fully saturated rings. The van der Waals surface area contributed by atoms with Gasteiger partial charge in [0.2, 0.25) is 0 Å². The van der Waals surface area contributed by atoms with Crippen molar-refractivity contribution < 1.29 is 4.39 Å². The van der Waals surface area contributed by atoms with Crippen LogP contribution in [-0.2, 0) is 5.41 Å². The van der Waals surface area contributed by atoms with Crippen LogP contribution >= 0.6 is 11.6 Å². The molecule has 0 spiro atoms. The number of aromatic nitrogens is 2. The summed E-state index contributed by atoms with van der Waals surface area (Å²) in [5, 5.41) is 0.913. The molecular weight excluding hydrogens is 411 g/mol. The third-order valence-corrected chi connectivity index (χ3v) is 5.36. The molecule has 0 unspecified atom stereocenters. The summed E-state index contributed by atoms with van der Waals surface area (Å²) in [5.74, 6) is -0.0291. The molecule has 0 saturated heterocycles. The Morgan fingerprint density at radius 2 is 1.71 bits per heavy atom. The Kier molecular flexibility index (Phi) is 5.50. The molecule has 4 aromatic rings. The molecule has 3 aromatic carbocycles. The van der Waals surface area contributed by atoms with Gasteiger partial charge in [-0.2, -0.15) is 0 Å². The van der Waals surface area contributed by atoms with E-state index in [4.69, 9.17) is 11.6 Å². The highest BCUT2D eigenvalue weighted by Crippen LogP contribution is 2.23. The summed E-state index contributed by atoms with van der Waals surface area (Å²) in [6, 6.07) is 19.1. The summed E-state index contributed by atoms with van der Waals surface area (Å²) in [4.78, 5) is 17.9. The van der Waals surface area contributed by atoms with Gasteiger partial charge in [-0.3, -0.25) is 9.36 Å². The predicted octanol–water partition coefficient (Wildman–Crippen LogP) is 6.65. The fraction of sp³-hybridized carbons (Fsp3) is 0.154. The smallest absolute Gasteiger partial charge is 0.266 e. The van der Waals surface area contributed by atoms with E-state index in [-0.39, 0.29) is 11.0 Å². The number of rotatable bonds is 3. The minimum atomic E-state index is -0.423. The van der Waals surface area contributed by atoms with Gasteiger partial charge in [0, 0.05) is 5.02 Å². The molecular formula is C26H22ClFN2O. The maximum absolute atomic E-state index is 13.9. The highest BCUT2D eigenvalue weighted by atomic mass is 35.5. The quantitative estimate of drug-likeness (QED) is 0.363. The van der Waals surface area contributed by atoms with E-state index in [0.717, 1.165) is 5.56 Å². The Bertz CT molecular complexity index is 1350. The minimum Gasteiger partial charge on any atom is -0.268 e. The number of nitrogens with zero attached hydrogens (tertiary/aromatic N) is 2. The van der Waals surface area contributed by atoms with Crippen molar-refractivity contribution in [3.63, 3.8) is 0 Å². The first-order valence-electron chi connectivity index (χ1n) is 9.99. The highest BCUT2D eigenvalue weighted by molar-refractivity contribution is 6.31. The lowest BCUT2D eigenvalue weighted by Gasteiger charge is -2.18. The first kappa shape index (κ1) is 21.0. The number of fused-ring (bicyclic) bond motifs is 1. The van der Waals surface area contributed by atoms with Gasteiger partial charge in [0.15, 0.2) is 0 Å². The van der Waals surface area contributed by atoms with Crippen molar-refractivity contribution >= 4 is 34.7 Å². The van der Waals surface area contributed by atoms with Crippen LogP contribution in [0.5, 0.6) is 0 Å². The minimum absolute atomic E-state index is 0.0687. The van der Waals surface area contributed by atoms with Crippen LogP contribution in [0.15, 0.2) is 71.5 Å². The summed E-state index contributed by atoms with van der Waals surface area (Å²) < 4.78 is 15.3. The van der Waals surface area contributed by atoms with E-state index in [9.17, 15) is 9.18 Å². The van der Waals surface area contributed by atoms with Crippen molar-refractivity contribution in [2.45, 2.75) is 26.2 Å². The van der Waals surface area contributed by atoms with Crippen LogP contribution in [0.2, 0.25) is 5.02 Å². The summed E-state index contributed by atoms with van der Waals surface area (Å²) in [6.07, 6.45) is 3.65. The van der Waals surface area contributed by atoms with Crippen molar-refractivity contribution in [3.05, 3.63) is 105 Å². The van der Waals surface area contributed by atoms with Crippen LogP contribution in [0.1, 0.15) is 37.7 Å². The van der Waals surface area contributed by atoms with Gasteiger partial charge in [-0.05, 0) is 59.0 Å². The SMILES string of the molecule is CC(C)(C)c1ccc(/C=C/c2nc3cc(Cl)ccc3c(=O)n2-c2cccc(F)c2)cc1. The molecule has 0 aliphatic carbocycles. The number of halogens is 2. The van der Waals surface area contributed by atoms with E-state index in [1.807, 2.05) is 18.2 Å². The summed E-state index contributed by atoms with van der Waals surface area (Å²) in [7, 11) is 0. The number of benzene rings is 3. The monoisotopic (exact) mass is 432 g/mol. The van der Waals surface area contributed by atoms with Crippen molar-refractivity contribution in [1.29, 1.82) is 0 Å². The predicted molar refractivity (Wildman–Crippen MR) is 126 cm³/mol. The zero-order valence-electron chi connectivity index (χ0n) is 17.6. The molecule has 0 N–H and O–H groups in total. The van der Waals surface area contributed by atoms with E-state index >= 15 is 0 Å². The average Bonchev–Trinajstić information content (AvgIpc) is 2.71. The maximum atomic E-state index is 13.9. The van der Waals surface area contributed by atoms with Crippen LogP contribution in [-0.4, -0.2) is 9.55 Å². The highest BCUT2D eigenvalue weighted by Gasteiger charge is 2.14. The first-order chi connectivity index (χ1) is 14.7. The topological polar surface area (TPSA) is 34.9 Å². The molecule has 5 heteroatoms. The van der Waals surface area contributed by atoms with Crippen LogP contribution in [0, 0.1) is 5.82 Å². The molecule has 0 saturated carbocycles. The van der Waals surface area contributed by atoms with Gasteiger partial charge in [-0.1, -0.05) is 68.8 Å². The Labute approximate surface area is 185 Å².